The highest BCUT2D eigenvalue weighted by Gasteiger charge is 2.22. The normalized spacial score (nSPS) is 14.5. The van der Waals surface area contributed by atoms with Gasteiger partial charge in [-0.2, -0.15) is 0 Å². The predicted molar refractivity (Wildman–Crippen MR) is 126 cm³/mol. The molecule has 168 valence electrons. The molecule has 0 unspecified atom stereocenters. The van der Waals surface area contributed by atoms with Crippen LogP contribution in [0.1, 0.15) is 23.2 Å². The SMILES string of the molecule is Cc1ccc(CCCN2CCN(C(=O)Oc3ccc(CSc4ncc[nH]4)cc3)CC2)nc1. The lowest BCUT2D eigenvalue weighted by atomic mass is 10.2. The lowest BCUT2D eigenvalue weighted by molar-refractivity contribution is 0.110. The topological polar surface area (TPSA) is 74.3 Å². The molecule has 0 atom stereocenters. The fraction of sp³-hybridized carbons (Fsp3) is 0.375. The molecule has 1 aromatic carbocycles. The van der Waals surface area contributed by atoms with Crippen molar-refractivity contribution in [3.8, 4) is 5.75 Å². The summed E-state index contributed by atoms with van der Waals surface area (Å²) in [5.74, 6) is 1.39. The summed E-state index contributed by atoms with van der Waals surface area (Å²) in [7, 11) is 0. The maximum Gasteiger partial charge on any atom is 0.415 e. The average Bonchev–Trinajstić information content (AvgIpc) is 3.34. The number of pyridine rings is 1. The number of H-pyrrole nitrogens is 1. The van der Waals surface area contributed by atoms with Crippen molar-refractivity contribution < 1.29 is 9.53 Å². The van der Waals surface area contributed by atoms with E-state index in [1.807, 2.05) is 36.7 Å². The molecular weight excluding hydrogens is 422 g/mol. The van der Waals surface area contributed by atoms with E-state index >= 15 is 0 Å². The predicted octanol–water partition coefficient (Wildman–Crippen LogP) is 4.15. The minimum Gasteiger partial charge on any atom is -0.410 e. The average molecular weight is 452 g/mol. The smallest absolute Gasteiger partial charge is 0.410 e. The molecule has 0 aliphatic carbocycles. The van der Waals surface area contributed by atoms with Gasteiger partial charge in [0.2, 0.25) is 0 Å². The summed E-state index contributed by atoms with van der Waals surface area (Å²) in [4.78, 5) is 28.5. The Kier molecular flexibility index (Phi) is 7.79. The lowest BCUT2D eigenvalue weighted by Crippen LogP contribution is -2.49. The zero-order valence-electron chi connectivity index (χ0n) is 18.4. The van der Waals surface area contributed by atoms with Gasteiger partial charge in [-0.25, -0.2) is 9.78 Å². The Labute approximate surface area is 193 Å². The van der Waals surface area contributed by atoms with Crippen LogP contribution in [0.4, 0.5) is 4.79 Å². The van der Waals surface area contributed by atoms with Crippen molar-refractivity contribution in [2.24, 2.45) is 0 Å². The molecule has 0 spiro atoms. The highest BCUT2D eigenvalue weighted by molar-refractivity contribution is 7.98. The van der Waals surface area contributed by atoms with Crippen molar-refractivity contribution in [1.82, 2.24) is 24.8 Å². The number of amides is 1. The first-order chi connectivity index (χ1) is 15.7. The Bertz CT molecular complexity index is 969. The molecule has 1 fully saturated rings. The second kappa shape index (κ2) is 11.2. The van der Waals surface area contributed by atoms with Crippen LogP contribution in [-0.4, -0.2) is 63.6 Å². The first-order valence-electron chi connectivity index (χ1n) is 11.0. The summed E-state index contributed by atoms with van der Waals surface area (Å²) in [5.41, 5.74) is 3.49. The number of carbonyl (C=O) groups excluding carboxylic acids is 1. The number of hydrogen-bond donors (Lipinski definition) is 1. The van der Waals surface area contributed by atoms with Crippen LogP contribution in [0.5, 0.6) is 5.75 Å². The molecular formula is C24H29N5O2S. The van der Waals surface area contributed by atoms with E-state index in [9.17, 15) is 4.79 Å². The van der Waals surface area contributed by atoms with Gasteiger partial charge in [0, 0.05) is 56.2 Å². The van der Waals surface area contributed by atoms with E-state index < -0.39 is 0 Å². The van der Waals surface area contributed by atoms with Gasteiger partial charge in [-0.15, -0.1) is 0 Å². The lowest BCUT2D eigenvalue weighted by Gasteiger charge is -2.34. The van der Waals surface area contributed by atoms with Crippen LogP contribution in [0.2, 0.25) is 0 Å². The molecule has 3 heterocycles. The number of nitrogens with one attached hydrogen (secondary N) is 1. The molecule has 1 saturated heterocycles. The van der Waals surface area contributed by atoms with Gasteiger partial charge in [0.25, 0.3) is 0 Å². The van der Waals surface area contributed by atoms with Gasteiger partial charge < -0.3 is 14.6 Å². The van der Waals surface area contributed by atoms with Crippen LogP contribution in [0.25, 0.3) is 0 Å². The first kappa shape index (κ1) is 22.4. The van der Waals surface area contributed by atoms with E-state index in [0.29, 0.717) is 18.8 Å². The Morgan fingerprint density at radius 3 is 2.59 bits per heavy atom. The molecule has 1 aliphatic rings. The number of benzene rings is 1. The number of carbonyl (C=O) groups is 1. The Morgan fingerprint density at radius 2 is 1.91 bits per heavy atom. The number of ether oxygens (including phenoxy) is 1. The highest BCUT2D eigenvalue weighted by Crippen LogP contribution is 2.21. The zero-order chi connectivity index (χ0) is 22.2. The van der Waals surface area contributed by atoms with Crippen molar-refractivity contribution in [3.63, 3.8) is 0 Å². The molecule has 7 nitrogen and oxygen atoms in total. The van der Waals surface area contributed by atoms with Crippen LogP contribution in [-0.2, 0) is 12.2 Å². The molecule has 32 heavy (non-hydrogen) atoms. The van der Waals surface area contributed by atoms with Gasteiger partial charge in [-0.05, 0) is 55.6 Å². The van der Waals surface area contributed by atoms with E-state index in [1.54, 1.807) is 22.9 Å². The summed E-state index contributed by atoms with van der Waals surface area (Å²) < 4.78 is 5.58. The number of piperazine rings is 1. The fourth-order valence-corrected chi connectivity index (χ4v) is 4.37. The number of imidazole rings is 1. The second-order valence-corrected chi connectivity index (χ2v) is 8.92. The second-order valence-electron chi connectivity index (χ2n) is 7.95. The molecule has 1 aliphatic heterocycles. The van der Waals surface area contributed by atoms with Gasteiger partial charge in [0.15, 0.2) is 5.16 Å². The molecule has 1 amide bonds. The summed E-state index contributed by atoms with van der Waals surface area (Å²) in [6.45, 7) is 6.22. The third-order valence-corrected chi connectivity index (χ3v) is 6.46. The quantitative estimate of drug-likeness (QED) is 0.519. The first-order valence-corrected chi connectivity index (χ1v) is 12.0. The van der Waals surface area contributed by atoms with E-state index in [2.05, 4.69) is 38.9 Å². The molecule has 8 heteroatoms. The molecule has 0 bridgehead atoms. The molecule has 4 rings (SSSR count). The highest BCUT2D eigenvalue weighted by atomic mass is 32.2. The van der Waals surface area contributed by atoms with Crippen LogP contribution in [0.15, 0.2) is 60.1 Å². The number of hydrogen-bond acceptors (Lipinski definition) is 6. The fourth-order valence-electron chi connectivity index (χ4n) is 3.58. The zero-order valence-corrected chi connectivity index (χ0v) is 19.2. The van der Waals surface area contributed by atoms with E-state index in [-0.39, 0.29) is 6.09 Å². The maximum atomic E-state index is 12.5. The number of nitrogens with zero attached hydrogens (tertiary/aromatic N) is 4. The number of aryl methyl sites for hydroxylation is 2. The van der Waals surface area contributed by atoms with Crippen molar-refractivity contribution in [2.75, 3.05) is 32.7 Å². The van der Waals surface area contributed by atoms with Crippen molar-refractivity contribution >= 4 is 17.9 Å². The Balaban J connectivity index is 1.15. The number of aromatic nitrogens is 3. The van der Waals surface area contributed by atoms with Crippen LogP contribution in [0, 0.1) is 6.92 Å². The maximum absolute atomic E-state index is 12.5. The number of thioether (sulfide) groups is 1. The third-order valence-electron chi connectivity index (χ3n) is 5.49. The summed E-state index contributed by atoms with van der Waals surface area (Å²) >= 11 is 1.64. The van der Waals surface area contributed by atoms with Gasteiger partial charge in [-0.3, -0.25) is 9.88 Å². The monoisotopic (exact) mass is 451 g/mol. The van der Waals surface area contributed by atoms with Gasteiger partial charge >= 0.3 is 6.09 Å². The van der Waals surface area contributed by atoms with E-state index in [1.165, 1.54) is 5.56 Å². The molecule has 0 radical (unpaired) electrons. The van der Waals surface area contributed by atoms with Crippen molar-refractivity contribution in [2.45, 2.75) is 30.7 Å². The van der Waals surface area contributed by atoms with Crippen molar-refractivity contribution in [3.05, 3.63) is 71.8 Å². The van der Waals surface area contributed by atoms with Crippen LogP contribution >= 0.6 is 11.8 Å². The van der Waals surface area contributed by atoms with Crippen LogP contribution < -0.4 is 4.74 Å². The number of rotatable bonds is 8. The summed E-state index contributed by atoms with van der Waals surface area (Å²) in [5, 5.41) is 0.895. The largest absolute Gasteiger partial charge is 0.415 e. The van der Waals surface area contributed by atoms with E-state index in [0.717, 1.165) is 54.6 Å². The van der Waals surface area contributed by atoms with Crippen molar-refractivity contribution in [1.29, 1.82) is 0 Å². The Hall–Kier alpha value is -2.84. The standard InChI is InChI=1S/C24H29N5O2S/c1-19-4-7-21(27-17-19)3-2-12-28-13-15-29(16-14-28)24(30)31-22-8-5-20(6-9-22)18-32-23-25-10-11-26-23/h4-11,17H,2-3,12-16,18H2,1H3,(H,25,26). The van der Waals surface area contributed by atoms with Crippen LogP contribution in [0.3, 0.4) is 0 Å². The summed E-state index contributed by atoms with van der Waals surface area (Å²) in [6, 6.07) is 11.9. The van der Waals surface area contributed by atoms with Gasteiger partial charge in [-0.1, -0.05) is 30.0 Å². The van der Waals surface area contributed by atoms with E-state index in [4.69, 9.17) is 4.74 Å². The number of aromatic amines is 1. The molecule has 3 aromatic rings. The molecule has 1 N–H and O–H groups in total. The third kappa shape index (κ3) is 6.58. The Morgan fingerprint density at radius 1 is 1.09 bits per heavy atom. The van der Waals surface area contributed by atoms with Gasteiger partial charge in [0.1, 0.15) is 5.75 Å². The van der Waals surface area contributed by atoms with Gasteiger partial charge in [0.05, 0.1) is 0 Å². The molecule has 0 saturated carbocycles. The minimum atomic E-state index is -0.272. The minimum absolute atomic E-state index is 0.272. The molecule has 2 aromatic heterocycles. The summed E-state index contributed by atoms with van der Waals surface area (Å²) in [6.07, 6.45) is 7.27.